The lowest BCUT2D eigenvalue weighted by atomic mass is 9.95. The molecule has 1 fully saturated rings. The van der Waals surface area contributed by atoms with Crippen molar-refractivity contribution in [2.45, 2.75) is 26.3 Å². The van der Waals surface area contributed by atoms with Crippen molar-refractivity contribution < 1.29 is 4.79 Å². The van der Waals surface area contributed by atoms with Gasteiger partial charge < -0.3 is 9.80 Å². The molecule has 0 aliphatic carbocycles. The van der Waals surface area contributed by atoms with Crippen molar-refractivity contribution in [1.82, 2.24) is 24.7 Å². The van der Waals surface area contributed by atoms with Gasteiger partial charge in [0.25, 0.3) is 0 Å². The number of amides is 1. The van der Waals surface area contributed by atoms with Crippen LogP contribution in [0.1, 0.15) is 23.3 Å². The molecule has 26 heavy (non-hydrogen) atoms. The molecule has 1 amide bonds. The highest BCUT2D eigenvalue weighted by Crippen LogP contribution is 2.25. The number of piperidine rings is 1. The van der Waals surface area contributed by atoms with Crippen LogP contribution in [-0.2, 0) is 11.3 Å². The van der Waals surface area contributed by atoms with E-state index in [2.05, 4.69) is 38.6 Å². The van der Waals surface area contributed by atoms with Crippen LogP contribution < -0.4 is 4.90 Å². The summed E-state index contributed by atoms with van der Waals surface area (Å²) in [5, 5.41) is 14.5. The van der Waals surface area contributed by atoms with Crippen LogP contribution in [0.4, 0.5) is 5.82 Å². The average Bonchev–Trinajstić information content (AvgIpc) is 3.29. The second-order valence-corrected chi connectivity index (χ2v) is 7.81. The van der Waals surface area contributed by atoms with Crippen LogP contribution in [0, 0.1) is 12.8 Å². The Hall–Kier alpha value is -2.48. The van der Waals surface area contributed by atoms with Crippen LogP contribution in [-0.4, -0.2) is 50.8 Å². The molecule has 1 aliphatic rings. The van der Waals surface area contributed by atoms with Gasteiger partial charge in [-0.1, -0.05) is 0 Å². The van der Waals surface area contributed by atoms with Crippen LogP contribution in [0.15, 0.2) is 29.9 Å². The molecule has 4 heterocycles. The van der Waals surface area contributed by atoms with Crippen LogP contribution in [0.3, 0.4) is 0 Å². The van der Waals surface area contributed by atoms with Gasteiger partial charge in [-0.15, -0.1) is 26.6 Å². The van der Waals surface area contributed by atoms with Crippen molar-refractivity contribution in [3.05, 3.63) is 40.3 Å². The number of nitrogens with zero attached hydrogens (tertiary/aromatic N) is 6. The predicted molar refractivity (Wildman–Crippen MR) is 101 cm³/mol. The molecule has 0 unspecified atom stereocenters. The van der Waals surface area contributed by atoms with Gasteiger partial charge in [0, 0.05) is 30.9 Å². The summed E-state index contributed by atoms with van der Waals surface area (Å²) in [5.41, 5.74) is 2.00. The molecule has 0 saturated carbocycles. The minimum absolute atomic E-state index is 0.0927. The predicted octanol–water partition coefficient (Wildman–Crippen LogP) is 2.37. The maximum atomic E-state index is 12.8. The molecule has 8 heteroatoms. The van der Waals surface area contributed by atoms with Gasteiger partial charge in [0.05, 0.1) is 6.54 Å². The minimum atomic E-state index is 0.0927. The minimum Gasteiger partial charge on any atom is -0.355 e. The number of hydrogen-bond acceptors (Lipinski definition) is 6. The first-order chi connectivity index (χ1) is 12.6. The van der Waals surface area contributed by atoms with E-state index in [4.69, 9.17) is 0 Å². The first-order valence-electron chi connectivity index (χ1n) is 8.82. The maximum Gasteiger partial charge on any atom is 0.225 e. The zero-order chi connectivity index (χ0) is 18.1. The molecule has 0 atom stereocenters. The Morgan fingerprint density at radius 2 is 2.12 bits per heavy atom. The fourth-order valence-electron chi connectivity index (χ4n) is 3.41. The Balaban J connectivity index is 1.36. The van der Waals surface area contributed by atoms with E-state index in [9.17, 15) is 4.79 Å². The largest absolute Gasteiger partial charge is 0.355 e. The number of thiophene rings is 1. The van der Waals surface area contributed by atoms with E-state index >= 15 is 0 Å². The number of fused-ring (bicyclic) bond motifs is 1. The van der Waals surface area contributed by atoms with Crippen molar-refractivity contribution in [1.29, 1.82) is 0 Å². The summed E-state index contributed by atoms with van der Waals surface area (Å²) < 4.78 is 1.68. The van der Waals surface area contributed by atoms with E-state index < -0.39 is 0 Å². The van der Waals surface area contributed by atoms with Gasteiger partial charge in [0.1, 0.15) is 12.1 Å². The Bertz CT molecular complexity index is 911. The molecule has 0 N–H and O–H groups in total. The number of rotatable bonds is 4. The SMILES string of the molecule is Cc1ccsc1CN(C)C(=O)C1CCN(c2ccc3nncn3n2)CC1. The monoisotopic (exact) mass is 370 g/mol. The smallest absolute Gasteiger partial charge is 0.225 e. The first kappa shape index (κ1) is 17.0. The van der Waals surface area contributed by atoms with Crippen molar-refractivity contribution in [3.63, 3.8) is 0 Å². The van der Waals surface area contributed by atoms with Crippen LogP contribution in [0.2, 0.25) is 0 Å². The third-order valence-electron chi connectivity index (χ3n) is 5.04. The van der Waals surface area contributed by atoms with E-state index in [0.29, 0.717) is 6.54 Å². The lowest BCUT2D eigenvalue weighted by Gasteiger charge is -2.33. The Kier molecular flexibility index (Phi) is 4.58. The quantitative estimate of drug-likeness (QED) is 0.705. The van der Waals surface area contributed by atoms with E-state index in [0.717, 1.165) is 37.4 Å². The van der Waals surface area contributed by atoms with Crippen LogP contribution >= 0.6 is 11.3 Å². The number of hydrogen-bond donors (Lipinski definition) is 0. The molecule has 0 radical (unpaired) electrons. The van der Waals surface area contributed by atoms with E-state index in [-0.39, 0.29) is 11.8 Å². The lowest BCUT2D eigenvalue weighted by Crippen LogP contribution is -2.41. The van der Waals surface area contributed by atoms with E-state index in [1.807, 2.05) is 24.1 Å². The summed E-state index contributed by atoms with van der Waals surface area (Å²) in [7, 11) is 1.91. The highest BCUT2D eigenvalue weighted by Gasteiger charge is 2.28. The second kappa shape index (κ2) is 7.03. The normalized spacial score (nSPS) is 15.5. The van der Waals surface area contributed by atoms with Crippen LogP contribution in [0.5, 0.6) is 0 Å². The Morgan fingerprint density at radius 1 is 1.31 bits per heavy atom. The molecule has 4 rings (SSSR count). The van der Waals surface area contributed by atoms with Gasteiger partial charge in [-0.3, -0.25) is 4.79 Å². The standard InChI is InChI=1S/C18H22N6OS/c1-13-7-10-26-15(13)11-22(2)18(25)14-5-8-23(9-6-14)17-4-3-16-20-19-12-24(16)21-17/h3-4,7,10,12,14H,5-6,8-9,11H2,1-2H3. The van der Waals surface area contributed by atoms with Gasteiger partial charge in [-0.2, -0.15) is 4.52 Å². The van der Waals surface area contributed by atoms with Crippen molar-refractivity contribution >= 4 is 28.7 Å². The number of carbonyl (C=O) groups excluding carboxylic acids is 1. The number of anilines is 1. The van der Waals surface area contributed by atoms with Gasteiger partial charge in [0.15, 0.2) is 5.65 Å². The molecule has 0 bridgehead atoms. The van der Waals surface area contributed by atoms with E-state index in [1.165, 1.54) is 10.4 Å². The van der Waals surface area contributed by atoms with Crippen LogP contribution in [0.25, 0.3) is 5.65 Å². The molecular weight excluding hydrogens is 348 g/mol. The summed E-state index contributed by atoms with van der Waals surface area (Å²) >= 11 is 1.72. The summed E-state index contributed by atoms with van der Waals surface area (Å²) in [6.45, 7) is 4.47. The molecule has 0 aromatic carbocycles. The Morgan fingerprint density at radius 3 is 2.85 bits per heavy atom. The van der Waals surface area contributed by atoms with Gasteiger partial charge in [-0.25, -0.2) is 0 Å². The number of aryl methyl sites for hydroxylation is 1. The lowest BCUT2D eigenvalue weighted by molar-refractivity contribution is -0.135. The molecule has 7 nitrogen and oxygen atoms in total. The van der Waals surface area contributed by atoms with Gasteiger partial charge >= 0.3 is 0 Å². The maximum absolute atomic E-state index is 12.8. The Labute approximate surface area is 156 Å². The molecule has 3 aromatic heterocycles. The highest BCUT2D eigenvalue weighted by atomic mass is 32.1. The van der Waals surface area contributed by atoms with E-state index in [1.54, 1.807) is 22.2 Å². The van der Waals surface area contributed by atoms with Crippen molar-refractivity contribution in [3.8, 4) is 0 Å². The fraction of sp³-hybridized carbons (Fsp3) is 0.444. The number of carbonyl (C=O) groups is 1. The summed E-state index contributed by atoms with van der Waals surface area (Å²) in [5.74, 6) is 1.25. The molecule has 0 spiro atoms. The zero-order valence-corrected chi connectivity index (χ0v) is 15.8. The highest BCUT2D eigenvalue weighted by molar-refractivity contribution is 7.10. The van der Waals surface area contributed by atoms with Gasteiger partial charge in [-0.05, 0) is 48.9 Å². The average molecular weight is 370 g/mol. The third kappa shape index (κ3) is 3.29. The van der Waals surface area contributed by atoms with Gasteiger partial charge in [0.2, 0.25) is 5.91 Å². The third-order valence-corrected chi connectivity index (χ3v) is 6.05. The molecule has 1 aliphatic heterocycles. The summed E-state index contributed by atoms with van der Waals surface area (Å²) in [4.78, 5) is 18.2. The molecule has 3 aromatic rings. The molecular formula is C18H22N6OS. The fourth-order valence-corrected chi connectivity index (χ4v) is 4.37. The summed E-state index contributed by atoms with van der Waals surface area (Å²) in [6.07, 6.45) is 3.32. The number of aromatic nitrogens is 4. The second-order valence-electron chi connectivity index (χ2n) is 6.81. The molecule has 1 saturated heterocycles. The first-order valence-corrected chi connectivity index (χ1v) is 9.70. The zero-order valence-electron chi connectivity index (χ0n) is 15.0. The molecule has 136 valence electrons. The van der Waals surface area contributed by atoms with Crippen molar-refractivity contribution in [2.24, 2.45) is 5.92 Å². The summed E-state index contributed by atoms with van der Waals surface area (Å²) in [6, 6.07) is 6.00. The van der Waals surface area contributed by atoms with Crippen molar-refractivity contribution in [2.75, 3.05) is 25.0 Å². The topological polar surface area (TPSA) is 66.6 Å².